The van der Waals surface area contributed by atoms with Gasteiger partial charge in [-0.2, -0.15) is 0 Å². The van der Waals surface area contributed by atoms with Gasteiger partial charge < -0.3 is 9.64 Å². The Morgan fingerprint density at radius 3 is 2.50 bits per heavy atom. The number of benzene rings is 1. The van der Waals surface area contributed by atoms with Crippen molar-refractivity contribution in [2.75, 3.05) is 12.3 Å². The first-order valence-electron chi connectivity index (χ1n) is 9.21. The molecular weight excluding hydrogens is 402 g/mol. The van der Waals surface area contributed by atoms with Crippen molar-refractivity contribution in [3.63, 3.8) is 0 Å². The molecule has 1 saturated heterocycles. The number of hydrogen-bond donors (Lipinski definition) is 0. The molecule has 0 radical (unpaired) electrons. The molecule has 9 heteroatoms. The number of rotatable bonds is 3. The average molecular weight is 426 g/mol. The lowest BCUT2D eigenvalue weighted by molar-refractivity contribution is 0.0124. The summed E-state index contributed by atoms with van der Waals surface area (Å²) in [7, 11) is -3.85. The standard InChI is InChI=1S/C19H24ClN3O4S/c1-19(2,3)27-18(24)23-11-7-6-8-13(23)12-28(25,26)17-16(20)21-14-9-4-5-10-15(14)22-17/h4-5,9-10,13H,6-8,11-12H2,1-3H3/t13-/m0/s1. The predicted octanol–water partition coefficient (Wildman–Crippen LogP) is 3.85. The number of para-hydroxylation sites is 2. The third-order valence-corrected chi connectivity index (χ3v) is 6.53. The molecule has 1 atom stereocenters. The van der Waals surface area contributed by atoms with Crippen LogP contribution in [0.2, 0.25) is 5.15 Å². The summed E-state index contributed by atoms with van der Waals surface area (Å²) in [6.45, 7) is 5.81. The number of fused-ring (bicyclic) bond motifs is 1. The Labute approximate surface area is 170 Å². The van der Waals surface area contributed by atoms with Gasteiger partial charge in [-0.3, -0.25) is 0 Å². The molecule has 2 aromatic rings. The number of ether oxygens (including phenoxy) is 1. The molecule has 1 amide bonds. The Hall–Kier alpha value is -1.93. The molecule has 3 rings (SSSR count). The van der Waals surface area contributed by atoms with E-state index in [1.165, 1.54) is 4.90 Å². The van der Waals surface area contributed by atoms with Gasteiger partial charge in [-0.05, 0) is 52.2 Å². The molecule has 0 aliphatic carbocycles. The highest BCUT2D eigenvalue weighted by atomic mass is 35.5. The molecule has 0 unspecified atom stereocenters. The fourth-order valence-corrected chi connectivity index (χ4v) is 5.26. The van der Waals surface area contributed by atoms with Crippen LogP contribution in [0.1, 0.15) is 40.0 Å². The monoisotopic (exact) mass is 425 g/mol. The van der Waals surface area contributed by atoms with Crippen molar-refractivity contribution < 1.29 is 17.9 Å². The lowest BCUT2D eigenvalue weighted by Gasteiger charge is -2.36. The largest absolute Gasteiger partial charge is 0.444 e. The molecule has 0 saturated carbocycles. The van der Waals surface area contributed by atoms with Gasteiger partial charge in [0.05, 0.1) is 16.8 Å². The van der Waals surface area contributed by atoms with Gasteiger partial charge in [-0.1, -0.05) is 23.7 Å². The fraction of sp³-hybridized carbons (Fsp3) is 0.526. The Morgan fingerprint density at radius 1 is 1.21 bits per heavy atom. The van der Waals surface area contributed by atoms with Gasteiger partial charge in [0.2, 0.25) is 9.84 Å². The Kier molecular flexibility index (Phi) is 5.82. The molecular formula is C19H24ClN3O4S. The summed E-state index contributed by atoms with van der Waals surface area (Å²) >= 11 is 6.13. The van der Waals surface area contributed by atoms with E-state index in [2.05, 4.69) is 9.97 Å². The minimum atomic E-state index is -3.85. The van der Waals surface area contributed by atoms with Crippen LogP contribution < -0.4 is 0 Å². The van der Waals surface area contributed by atoms with Gasteiger partial charge >= 0.3 is 6.09 Å². The van der Waals surface area contributed by atoms with Gasteiger partial charge in [-0.25, -0.2) is 23.2 Å². The van der Waals surface area contributed by atoms with Crippen molar-refractivity contribution in [2.24, 2.45) is 0 Å². The Morgan fingerprint density at radius 2 is 1.86 bits per heavy atom. The van der Waals surface area contributed by atoms with Gasteiger partial charge in [0.1, 0.15) is 5.60 Å². The van der Waals surface area contributed by atoms with Crippen LogP contribution in [0.25, 0.3) is 11.0 Å². The number of likely N-dealkylation sites (tertiary alicyclic amines) is 1. The Balaban J connectivity index is 1.88. The van der Waals surface area contributed by atoms with E-state index < -0.39 is 27.6 Å². The maximum Gasteiger partial charge on any atom is 0.410 e. The van der Waals surface area contributed by atoms with Gasteiger partial charge in [-0.15, -0.1) is 0 Å². The third kappa shape index (κ3) is 4.72. The number of halogens is 1. The molecule has 1 aromatic heterocycles. The molecule has 0 spiro atoms. The minimum absolute atomic E-state index is 0.154. The summed E-state index contributed by atoms with van der Waals surface area (Å²) in [5.74, 6) is -0.265. The van der Waals surface area contributed by atoms with Crippen LogP contribution >= 0.6 is 11.6 Å². The number of carbonyl (C=O) groups is 1. The van der Waals surface area contributed by atoms with Crippen LogP contribution in [-0.4, -0.2) is 53.3 Å². The highest BCUT2D eigenvalue weighted by molar-refractivity contribution is 7.91. The van der Waals surface area contributed by atoms with Crippen LogP contribution in [-0.2, 0) is 14.6 Å². The summed E-state index contributed by atoms with van der Waals surface area (Å²) in [4.78, 5) is 22.4. The number of piperidine rings is 1. The topological polar surface area (TPSA) is 89.5 Å². The first kappa shape index (κ1) is 20.8. The summed E-state index contributed by atoms with van der Waals surface area (Å²) in [5, 5.41) is -0.402. The molecule has 1 aromatic carbocycles. The highest BCUT2D eigenvalue weighted by Crippen LogP contribution is 2.26. The van der Waals surface area contributed by atoms with Gasteiger partial charge in [0.25, 0.3) is 0 Å². The van der Waals surface area contributed by atoms with E-state index in [-0.39, 0.29) is 15.9 Å². The Bertz CT molecular complexity index is 988. The van der Waals surface area contributed by atoms with Crippen LogP contribution in [0.3, 0.4) is 0 Å². The second kappa shape index (κ2) is 7.83. The smallest absolute Gasteiger partial charge is 0.410 e. The summed E-state index contributed by atoms with van der Waals surface area (Å²) < 4.78 is 31.6. The van der Waals surface area contributed by atoms with Crippen molar-refractivity contribution in [1.29, 1.82) is 0 Å². The van der Waals surface area contributed by atoms with Crippen LogP contribution in [0.15, 0.2) is 29.3 Å². The first-order chi connectivity index (χ1) is 13.1. The molecule has 1 aliphatic rings. The molecule has 28 heavy (non-hydrogen) atoms. The maximum atomic E-state index is 13.1. The van der Waals surface area contributed by atoms with Crippen molar-refractivity contribution in [3.05, 3.63) is 29.4 Å². The van der Waals surface area contributed by atoms with Crippen LogP contribution in [0, 0.1) is 0 Å². The van der Waals surface area contributed by atoms with Crippen molar-refractivity contribution in [3.8, 4) is 0 Å². The summed E-state index contributed by atoms with van der Waals surface area (Å²) in [6, 6.07) is 6.45. The second-order valence-electron chi connectivity index (χ2n) is 7.91. The van der Waals surface area contributed by atoms with E-state index in [1.54, 1.807) is 45.0 Å². The highest BCUT2D eigenvalue weighted by Gasteiger charge is 2.35. The zero-order valence-corrected chi connectivity index (χ0v) is 17.8. The summed E-state index contributed by atoms with van der Waals surface area (Å²) in [6.07, 6.45) is 1.74. The molecule has 7 nitrogen and oxygen atoms in total. The lowest BCUT2D eigenvalue weighted by Crippen LogP contribution is -2.49. The number of sulfone groups is 1. The molecule has 1 fully saturated rings. The predicted molar refractivity (Wildman–Crippen MR) is 107 cm³/mol. The number of amides is 1. The van der Waals surface area contributed by atoms with E-state index in [1.807, 2.05) is 0 Å². The zero-order chi connectivity index (χ0) is 20.5. The van der Waals surface area contributed by atoms with E-state index in [0.29, 0.717) is 24.0 Å². The van der Waals surface area contributed by atoms with Gasteiger partial charge in [0, 0.05) is 12.6 Å². The molecule has 1 aliphatic heterocycles. The van der Waals surface area contributed by atoms with Crippen molar-refractivity contribution in [1.82, 2.24) is 14.9 Å². The number of aromatic nitrogens is 2. The minimum Gasteiger partial charge on any atom is -0.444 e. The van der Waals surface area contributed by atoms with E-state index in [9.17, 15) is 13.2 Å². The maximum absolute atomic E-state index is 13.1. The molecule has 2 heterocycles. The molecule has 0 N–H and O–H groups in total. The zero-order valence-electron chi connectivity index (χ0n) is 16.2. The SMILES string of the molecule is CC(C)(C)OC(=O)N1CCCC[C@H]1CS(=O)(=O)c1nc2ccccc2nc1Cl. The van der Waals surface area contributed by atoms with Crippen molar-refractivity contribution >= 4 is 38.6 Å². The lowest BCUT2D eigenvalue weighted by atomic mass is 10.0. The fourth-order valence-electron chi connectivity index (χ4n) is 3.23. The van der Waals surface area contributed by atoms with E-state index in [4.69, 9.17) is 16.3 Å². The van der Waals surface area contributed by atoms with Crippen LogP contribution in [0.4, 0.5) is 4.79 Å². The second-order valence-corrected chi connectivity index (χ2v) is 10.2. The molecule has 0 bridgehead atoms. The van der Waals surface area contributed by atoms with E-state index in [0.717, 1.165) is 12.8 Å². The summed E-state index contributed by atoms with van der Waals surface area (Å²) in [5.41, 5.74) is 0.336. The number of carbonyl (C=O) groups excluding carboxylic acids is 1. The van der Waals surface area contributed by atoms with E-state index >= 15 is 0 Å². The first-order valence-corrected chi connectivity index (χ1v) is 11.2. The number of nitrogens with zero attached hydrogens (tertiary/aromatic N) is 3. The molecule has 152 valence electrons. The number of hydrogen-bond acceptors (Lipinski definition) is 6. The quantitative estimate of drug-likeness (QED) is 0.741. The normalized spacial score (nSPS) is 18.3. The van der Waals surface area contributed by atoms with Gasteiger partial charge in [0.15, 0.2) is 10.2 Å². The van der Waals surface area contributed by atoms with Crippen molar-refractivity contribution in [2.45, 2.75) is 56.7 Å². The van der Waals surface area contributed by atoms with Crippen LogP contribution in [0.5, 0.6) is 0 Å². The third-order valence-electron chi connectivity index (χ3n) is 4.46. The average Bonchev–Trinajstić information content (AvgIpc) is 2.59.